The molecule has 0 saturated carbocycles. The highest BCUT2D eigenvalue weighted by Gasteiger charge is 2.51. The second-order valence-corrected chi connectivity index (χ2v) is 11.4. The number of nitrogens with zero attached hydrogens (tertiary/aromatic N) is 4. The van der Waals surface area contributed by atoms with E-state index < -0.39 is 71.2 Å². The van der Waals surface area contributed by atoms with Crippen molar-refractivity contribution in [2.75, 3.05) is 6.54 Å². The van der Waals surface area contributed by atoms with E-state index in [0.717, 1.165) is 41.2 Å². The van der Waals surface area contributed by atoms with Gasteiger partial charge in [0, 0.05) is 28.1 Å². The summed E-state index contributed by atoms with van der Waals surface area (Å²) in [5.74, 6) is -5.64. The van der Waals surface area contributed by atoms with Crippen molar-refractivity contribution >= 4 is 29.1 Å². The molecule has 0 radical (unpaired) electrons. The van der Waals surface area contributed by atoms with Crippen LogP contribution in [0.15, 0.2) is 59.6 Å². The normalized spacial score (nSPS) is 23.4. The van der Waals surface area contributed by atoms with Crippen LogP contribution in [-0.2, 0) is 15.8 Å². The number of ether oxygens (including phenoxy) is 1. The molecule has 252 valence electrons. The van der Waals surface area contributed by atoms with Crippen LogP contribution in [0, 0.1) is 30.2 Å². The number of benzene rings is 3. The summed E-state index contributed by atoms with van der Waals surface area (Å²) in [6, 6.07) is 7.93. The lowest BCUT2D eigenvalue weighted by Crippen LogP contribution is -2.52. The van der Waals surface area contributed by atoms with Crippen molar-refractivity contribution in [3.63, 3.8) is 0 Å². The average Bonchev–Trinajstić information content (AvgIpc) is 3.66. The number of allylic oxidation sites excluding steroid dienone is 1. The fourth-order valence-corrected chi connectivity index (χ4v) is 5.72. The number of aliphatic imine (C=N–C) groups is 1. The van der Waals surface area contributed by atoms with Gasteiger partial charge in [0.05, 0.1) is 17.8 Å². The Morgan fingerprint density at radius 3 is 2.50 bits per heavy atom. The van der Waals surface area contributed by atoms with Gasteiger partial charge in [-0.2, -0.15) is 23.8 Å². The smallest absolute Gasteiger partial charge is 0.398 e. The summed E-state index contributed by atoms with van der Waals surface area (Å²) in [6.07, 6.45) is -8.69. The Labute approximate surface area is 272 Å². The lowest BCUT2D eigenvalue weighted by Gasteiger charge is -2.38. The number of alkyl halides is 3. The van der Waals surface area contributed by atoms with Crippen LogP contribution in [0.2, 0.25) is 5.02 Å². The number of rotatable bonds is 6. The van der Waals surface area contributed by atoms with Gasteiger partial charge in [0.25, 0.3) is 0 Å². The van der Waals surface area contributed by atoms with Crippen LogP contribution < -0.4 is 11.2 Å². The number of fused-ring (bicyclic) bond motifs is 1. The van der Waals surface area contributed by atoms with Crippen molar-refractivity contribution in [2.24, 2.45) is 10.7 Å². The van der Waals surface area contributed by atoms with Gasteiger partial charge in [-0.05, 0) is 55.0 Å². The van der Waals surface area contributed by atoms with Gasteiger partial charge >= 0.3 is 6.18 Å². The van der Waals surface area contributed by atoms with Gasteiger partial charge in [-0.15, -0.1) is 0 Å². The Balaban J connectivity index is 1.45. The summed E-state index contributed by atoms with van der Waals surface area (Å²) < 4.78 is 106. The number of nitrogens with one attached hydrogen (secondary N) is 1. The summed E-state index contributed by atoms with van der Waals surface area (Å²) in [4.78, 5) is 14.3. The van der Waals surface area contributed by atoms with Gasteiger partial charge in [-0.3, -0.25) is 9.83 Å². The third kappa shape index (κ3) is 6.41. The number of aliphatic hydroxyl groups is 1. The molecule has 0 aliphatic carbocycles. The second kappa shape index (κ2) is 12.9. The Morgan fingerprint density at radius 2 is 1.81 bits per heavy atom. The molecule has 17 heteroatoms. The Hall–Kier alpha value is -4.35. The van der Waals surface area contributed by atoms with E-state index in [1.807, 2.05) is 0 Å². The van der Waals surface area contributed by atoms with Crippen LogP contribution in [-0.4, -0.2) is 57.0 Å². The Kier molecular flexibility index (Phi) is 9.04. The number of aliphatic hydroxyl groups excluding tert-OH is 1. The minimum Gasteiger partial charge on any atom is -0.398 e. The predicted octanol–water partition coefficient (Wildman–Crippen LogP) is 5.48. The van der Waals surface area contributed by atoms with Gasteiger partial charge < -0.3 is 15.6 Å². The number of aryl methyl sites for hydroxylation is 1. The zero-order valence-corrected chi connectivity index (χ0v) is 25.3. The zero-order chi connectivity index (χ0) is 34.5. The Bertz CT molecular complexity index is 1910. The van der Waals surface area contributed by atoms with E-state index in [1.165, 1.54) is 19.1 Å². The maximum absolute atomic E-state index is 14.3. The molecule has 4 aromatic rings. The number of aromatic nitrogens is 3. The largest absolute Gasteiger partial charge is 0.418 e. The monoisotopic (exact) mass is 696 g/mol. The van der Waals surface area contributed by atoms with E-state index in [0.29, 0.717) is 12.1 Å². The van der Waals surface area contributed by atoms with Crippen LogP contribution in [0.4, 0.5) is 30.7 Å². The number of hydrogen-bond donors (Lipinski definition) is 3. The van der Waals surface area contributed by atoms with E-state index in [4.69, 9.17) is 26.9 Å². The maximum atomic E-state index is 14.3. The molecule has 4 unspecified atom stereocenters. The maximum Gasteiger partial charge on any atom is 0.418 e. The third-order valence-electron chi connectivity index (χ3n) is 7.77. The summed E-state index contributed by atoms with van der Waals surface area (Å²) in [6.45, 7) is 1.50. The van der Waals surface area contributed by atoms with Crippen molar-refractivity contribution in [1.82, 2.24) is 20.2 Å². The first-order valence-corrected chi connectivity index (χ1v) is 14.6. The topological polar surface area (TPSA) is 120 Å². The molecular weight excluding hydrogens is 673 g/mol. The predicted molar refractivity (Wildman–Crippen MR) is 159 cm³/mol. The summed E-state index contributed by atoms with van der Waals surface area (Å²) in [5, 5.41) is 15.8. The van der Waals surface area contributed by atoms with Crippen molar-refractivity contribution in [3.05, 3.63) is 111 Å². The molecule has 2 saturated heterocycles. The first-order chi connectivity index (χ1) is 22.7. The summed E-state index contributed by atoms with van der Waals surface area (Å²) in [7, 11) is 0. The van der Waals surface area contributed by atoms with Crippen LogP contribution in [0.25, 0.3) is 17.0 Å². The molecule has 48 heavy (non-hydrogen) atoms. The fourth-order valence-electron chi connectivity index (χ4n) is 5.56. The zero-order valence-electron chi connectivity index (χ0n) is 24.5. The van der Waals surface area contributed by atoms with E-state index in [2.05, 4.69) is 20.6 Å². The standard InChI is InChI=1S/C31H24ClF7N6O3/c1-13-43-30(45(44-13)22-10-16(32)5-6-19(22)31(37,38)39)29-27(46)26(28-23(47-29)12-42-48-28)41-11-18(15-8-20(34)24(36)21(35)9-15)25(40)14-3-2-4-17(33)7-14/h2-11,23,26-29,42,46H,12,40H2,1H3/t23?,26-,27?,28?,29?/m0/s1. The molecule has 3 heterocycles. The lowest BCUT2D eigenvalue weighted by molar-refractivity contribution is -0.169. The number of nitrogens with two attached hydrogens (primary N) is 1. The molecular formula is C31H24ClF7N6O3. The number of hydrogen-bond acceptors (Lipinski definition) is 8. The quantitative estimate of drug-likeness (QED) is 0.106. The molecule has 5 atom stereocenters. The van der Waals surface area contributed by atoms with Gasteiger partial charge in [0.1, 0.15) is 42.1 Å². The Morgan fingerprint density at radius 1 is 1.08 bits per heavy atom. The highest BCUT2D eigenvalue weighted by Crippen LogP contribution is 2.40. The molecule has 3 aromatic carbocycles. The minimum atomic E-state index is -4.81. The van der Waals surface area contributed by atoms with Crippen LogP contribution in [0.1, 0.15) is 34.4 Å². The van der Waals surface area contributed by atoms with Crippen LogP contribution >= 0.6 is 11.6 Å². The van der Waals surface area contributed by atoms with Gasteiger partial charge in [0.15, 0.2) is 23.3 Å². The molecule has 4 N–H and O–H groups in total. The molecule has 0 amide bonds. The van der Waals surface area contributed by atoms with Gasteiger partial charge in [0.2, 0.25) is 0 Å². The summed E-state index contributed by atoms with van der Waals surface area (Å²) in [5.41, 5.74) is 6.84. The molecule has 6 rings (SSSR count). The minimum absolute atomic E-state index is 0.0259. The lowest BCUT2D eigenvalue weighted by atomic mass is 9.92. The van der Waals surface area contributed by atoms with Crippen molar-refractivity contribution < 1.29 is 45.4 Å². The van der Waals surface area contributed by atoms with E-state index >= 15 is 0 Å². The van der Waals surface area contributed by atoms with Crippen LogP contribution in [0.3, 0.4) is 0 Å². The van der Waals surface area contributed by atoms with E-state index in [-0.39, 0.29) is 45.6 Å². The first kappa shape index (κ1) is 33.5. The summed E-state index contributed by atoms with van der Waals surface area (Å²) >= 11 is 6.06. The SMILES string of the molecule is Cc1nc(C2OC3CNOC3[C@@H](N=CC(=C(N)c3cccc(F)c3)c3cc(F)c(F)c(F)c3)C2O)n(-c2cc(Cl)ccc2C(F)(F)F)n1. The molecule has 9 nitrogen and oxygen atoms in total. The molecule has 2 fully saturated rings. The average molecular weight is 697 g/mol. The number of hydroxylamine groups is 1. The van der Waals surface area contributed by atoms with E-state index in [1.54, 1.807) is 0 Å². The van der Waals surface area contributed by atoms with Crippen molar-refractivity contribution in [3.8, 4) is 5.69 Å². The van der Waals surface area contributed by atoms with Crippen molar-refractivity contribution in [1.29, 1.82) is 0 Å². The molecule has 2 aliphatic heterocycles. The van der Waals surface area contributed by atoms with Crippen LogP contribution in [0.5, 0.6) is 0 Å². The first-order valence-electron chi connectivity index (χ1n) is 14.2. The highest BCUT2D eigenvalue weighted by atomic mass is 35.5. The molecule has 2 aliphatic rings. The second-order valence-electron chi connectivity index (χ2n) is 11.0. The fraction of sp³-hybridized carbons (Fsp3) is 0.258. The molecule has 0 bridgehead atoms. The molecule has 1 aromatic heterocycles. The van der Waals surface area contributed by atoms with Crippen molar-refractivity contribution in [2.45, 2.75) is 43.6 Å². The third-order valence-corrected chi connectivity index (χ3v) is 8.01. The van der Waals surface area contributed by atoms with E-state index in [9.17, 15) is 35.8 Å². The molecule has 0 spiro atoms. The number of halogens is 8. The van der Waals surface area contributed by atoms with Gasteiger partial charge in [-0.25, -0.2) is 27.2 Å². The van der Waals surface area contributed by atoms with Gasteiger partial charge in [-0.1, -0.05) is 23.7 Å². The highest BCUT2D eigenvalue weighted by molar-refractivity contribution is 6.30.